The van der Waals surface area contributed by atoms with Gasteiger partial charge >= 0.3 is 0 Å². The van der Waals surface area contributed by atoms with Gasteiger partial charge in [0.1, 0.15) is 11.8 Å². The van der Waals surface area contributed by atoms with E-state index in [1.54, 1.807) is 38.2 Å². The minimum absolute atomic E-state index is 0.100. The number of likely N-dealkylation sites (N-methyl/N-ethyl adjacent to an activating group) is 1. The van der Waals surface area contributed by atoms with Crippen LogP contribution in [0.1, 0.15) is 12.5 Å². The number of nitriles is 1. The van der Waals surface area contributed by atoms with Crippen molar-refractivity contribution >= 4 is 5.91 Å². The standard InChI is InChI=1S/C13H16N2O3/c1-10(8-16)15(2)13(17)9-18-12-6-4-3-5-11(12)7-14/h3-6,10,16H,8-9H2,1-2H3. The average Bonchev–Trinajstić information content (AvgIpc) is 2.43. The molecule has 1 unspecified atom stereocenters. The van der Waals surface area contributed by atoms with Gasteiger partial charge in [0.25, 0.3) is 5.91 Å². The van der Waals surface area contributed by atoms with Crippen LogP contribution in [0.15, 0.2) is 24.3 Å². The molecule has 0 aliphatic rings. The van der Waals surface area contributed by atoms with Crippen molar-refractivity contribution in [3.8, 4) is 11.8 Å². The predicted molar refractivity (Wildman–Crippen MR) is 66.0 cm³/mol. The third kappa shape index (κ3) is 3.47. The lowest BCUT2D eigenvalue weighted by atomic mass is 10.2. The molecule has 5 heteroatoms. The number of rotatable bonds is 5. The molecule has 0 fully saturated rings. The van der Waals surface area contributed by atoms with Gasteiger partial charge in [0.15, 0.2) is 6.61 Å². The van der Waals surface area contributed by atoms with Crippen LogP contribution in [0.2, 0.25) is 0 Å². The van der Waals surface area contributed by atoms with Crippen molar-refractivity contribution in [3.05, 3.63) is 29.8 Å². The number of hydrogen-bond acceptors (Lipinski definition) is 4. The van der Waals surface area contributed by atoms with E-state index >= 15 is 0 Å². The van der Waals surface area contributed by atoms with Gasteiger partial charge in [0.05, 0.1) is 18.2 Å². The maximum absolute atomic E-state index is 11.7. The van der Waals surface area contributed by atoms with Gasteiger partial charge in [-0.3, -0.25) is 4.79 Å². The van der Waals surface area contributed by atoms with Gasteiger partial charge in [-0.1, -0.05) is 12.1 Å². The summed E-state index contributed by atoms with van der Waals surface area (Å²) >= 11 is 0. The third-order valence-electron chi connectivity index (χ3n) is 2.68. The van der Waals surface area contributed by atoms with Crippen LogP contribution in [0.5, 0.6) is 5.75 Å². The molecular formula is C13H16N2O3. The predicted octanol–water partition coefficient (Wildman–Crippen LogP) is 0.776. The number of carbonyl (C=O) groups is 1. The van der Waals surface area contributed by atoms with E-state index < -0.39 is 0 Å². The van der Waals surface area contributed by atoms with Gasteiger partial charge in [0, 0.05) is 7.05 Å². The zero-order chi connectivity index (χ0) is 13.5. The van der Waals surface area contributed by atoms with Crippen LogP contribution in [0.4, 0.5) is 0 Å². The molecule has 1 atom stereocenters. The van der Waals surface area contributed by atoms with Crippen LogP contribution < -0.4 is 4.74 Å². The lowest BCUT2D eigenvalue weighted by molar-refractivity contribution is -0.134. The molecule has 0 spiro atoms. The summed E-state index contributed by atoms with van der Waals surface area (Å²) in [7, 11) is 1.60. The Morgan fingerprint density at radius 1 is 1.56 bits per heavy atom. The lowest BCUT2D eigenvalue weighted by Crippen LogP contribution is -2.40. The second kappa shape index (κ2) is 6.62. The largest absolute Gasteiger partial charge is 0.482 e. The number of carbonyl (C=O) groups excluding carboxylic acids is 1. The van der Waals surface area contributed by atoms with E-state index in [1.165, 1.54) is 4.90 Å². The Balaban J connectivity index is 2.61. The van der Waals surface area contributed by atoms with Gasteiger partial charge in [-0.25, -0.2) is 0 Å². The Morgan fingerprint density at radius 3 is 2.83 bits per heavy atom. The summed E-state index contributed by atoms with van der Waals surface area (Å²) in [5, 5.41) is 17.8. The molecular weight excluding hydrogens is 232 g/mol. The lowest BCUT2D eigenvalue weighted by Gasteiger charge is -2.23. The van der Waals surface area contributed by atoms with Crippen LogP contribution in [0.25, 0.3) is 0 Å². The Morgan fingerprint density at radius 2 is 2.22 bits per heavy atom. The van der Waals surface area contributed by atoms with Crippen molar-refractivity contribution in [1.82, 2.24) is 4.90 Å². The van der Waals surface area contributed by atoms with Gasteiger partial charge in [-0.05, 0) is 19.1 Å². The number of aliphatic hydroxyl groups excluding tert-OH is 1. The summed E-state index contributed by atoms with van der Waals surface area (Å²) in [5.74, 6) is 0.141. The van der Waals surface area contributed by atoms with Crippen molar-refractivity contribution in [2.45, 2.75) is 13.0 Å². The van der Waals surface area contributed by atoms with Crippen LogP contribution in [-0.2, 0) is 4.79 Å². The Hall–Kier alpha value is -2.06. The van der Waals surface area contributed by atoms with Crippen LogP contribution in [0, 0.1) is 11.3 Å². The number of nitrogens with zero attached hydrogens (tertiary/aromatic N) is 2. The molecule has 0 saturated carbocycles. The van der Waals surface area contributed by atoms with Crippen molar-refractivity contribution < 1.29 is 14.6 Å². The molecule has 1 N–H and O–H groups in total. The van der Waals surface area contributed by atoms with E-state index in [1.807, 2.05) is 6.07 Å². The first-order chi connectivity index (χ1) is 8.60. The Bertz CT molecular complexity index is 454. The van der Waals surface area contributed by atoms with E-state index in [2.05, 4.69) is 0 Å². The molecule has 0 saturated heterocycles. The molecule has 0 radical (unpaired) electrons. The molecule has 0 aliphatic heterocycles. The maximum atomic E-state index is 11.7. The monoisotopic (exact) mass is 248 g/mol. The highest BCUT2D eigenvalue weighted by molar-refractivity contribution is 5.77. The number of para-hydroxylation sites is 1. The molecule has 0 aromatic heterocycles. The third-order valence-corrected chi connectivity index (χ3v) is 2.68. The average molecular weight is 248 g/mol. The molecule has 0 aliphatic carbocycles. The molecule has 0 heterocycles. The molecule has 0 bridgehead atoms. The SMILES string of the molecule is CC(CO)N(C)C(=O)COc1ccccc1C#N. The van der Waals surface area contributed by atoms with E-state index in [9.17, 15) is 4.79 Å². The second-order valence-electron chi connectivity index (χ2n) is 3.93. The highest BCUT2D eigenvalue weighted by Crippen LogP contribution is 2.16. The summed E-state index contributed by atoms with van der Waals surface area (Å²) in [6, 6.07) is 8.47. The first-order valence-corrected chi connectivity index (χ1v) is 5.58. The summed E-state index contributed by atoms with van der Waals surface area (Å²) in [6.07, 6.45) is 0. The summed E-state index contributed by atoms with van der Waals surface area (Å²) in [6.45, 7) is 1.48. The number of ether oxygens (including phenoxy) is 1. The minimum atomic E-state index is -0.257. The summed E-state index contributed by atoms with van der Waals surface area (Å²) in [5.41, 5.74) is 0.392. The fourth-order valence-electron chi connectivity index (χ4n) is 1.29. The molecule has 1 aromatic rings. The zero-order valence-corrected chi connectivity index (χ0v) is 10.5. The van der Waals surface area contributed by atoms with Crippen molar-refractivity contribution in [3.63, 3.8) is 0 Å². The van der Waals surface area contributed by atoms with E-state index in [0.717, 1.165) is 0 Å². The molecule has 96 valence electrons. The van der Waals surface area contributed by atoms with Crippen molar-refractivity contribution in [2.75, 3.05) is 20.3 Å². The second-order valence-corrected chi connectivity index (χ2v) is 3.93. The number of benzene rings is 1. The Kier molecular flexibility index (Phi) is 5.15. The van der Waals surface area contributed by atoms with Crippen molar-refractivity contribution in [2.24, 2.45) is 0 Å². The highest BCUT2D eigenvalue weighted by atomic mass is 16.5. The topological polar surface area (TPSA) is 73.6 Å². The summed E-state index contributed by atoms with van der Waals surface area (Å²) in [4.78, 5) is 13.1. The van der Waals surface area contributed by atoms with Gasteiger partial charge in [-0.2, -0.15) is 5.26 Å². The first kappa shape index (κ1) is 14.0. The molecule has 1 aromatic carbocycles. The fraction of sp³-hybridized carbons (Fsp3) is 0.385. The molecule has 1 rings (SSSR count). The van der Waals surface area contributed by atoms with E-state index in [0.29, 0.717) is 11.3 Å². The summed E-state index contributed by atoms with van der Waals surface area (Å²) < 4.78 is 5.31. The molecule has 1 amide bonds. The Labute approximate surface area is 106 Å². The van der Waals surface area contributed by atoms with Crippen LogP contribution in [-0.4, -0.2) is 42.2 Å². The fourth-order valence-corrected chi connectivity index (χ4v) is 1.29. The van der Waals surface area contributed by atoms with Gasteiger partial charge in [0.2, 0.25) is 0 Å². The van der Waals surface area contributed by atoms with Crippen LogP contribution in [0.3, 0.4) is 0 Å². The first-order valence-electron chi connectivity index (χ1n) is 5.58. The van der Waals surface area contributed by atoms with E-state index in [-0.39, 0.29) is 25.2 Å². The highest BCUT2D eigenvalue weighted by Gasteiger charge is 2.15. The maximum Gasteiger partial charge on any atom is 0.260 e. The van der Waals surface area contributed by atoms with E-state index in [4.69, 9.17) is 15.1 Å². The quantitative estimate of drug-likeness (QED) is 0.835. The number of aliphatic hydroxyl groups is 1. The molecule has 5 nitrogen and oxygen atoms in total. The number of amides is 1. The van der Waals surface area contributed by atoms with Gasteiger partial charge < -0.3 is 14.7 Å². The minimum Gasteiger partial charge on any atom is -0.482 e. The van der Waals surface area contributed by atoms with Crippen LogP contribution >= 0.6 is 0 Å². The van der Waals surface area contributed by atoms with Crippen molar-refractivity contribution in [1.29, 1.82) is 5.26 Å². The normalized spacial score (nSPS) is 11.4. The molecule has 18 heavy (non-hydrogen) atoms. The smallest absolute Gasteiger partial charge is 0.260 e. The zero-order valence-electron chi connectivity index (χ0n) is 10.5. The van der Waals surface area contributed by atoms with Gasteiger partial charge in [-0.15, -0.1) is 0 Å². The number of hydrogen-bond donors (Lipinski definition) is 1.